The van der Waals surface area contributed by atoms with E-state index in [1.807, 2.05) is 30.3 Å². The number of ether oxygens (including phenoxy) is 1. The second kappa shape index (κ2) is 7.62. The standard InChI is InChI=1S/C19H21NO2.ClH/c1-13-8-16-10-18(20-11-17(16)9-14(13)2)19(21)22-12-15-6-4-3-5-7-15;/h3-9,18,20H,10-12H2,1-2H3;1H. The van der Waals surface area contributed by atoms with Crippen LogP contribution in [0.1, 0.15) is 27.8 Å². The van der Waals surface area contributed by atoms with E-state index in [0.717, 1.165) is 12.1 Å². The van der Waals surface area contributed by atoms with Gasteiger partial charge in [-0.15, -0.1) is 12.4 Å². The molecule has 0 spiro atoms. The zero-order valence-corrected chi connectivity index (χ0v) is 14.3. The molecule has 0 saturated carbocycles. The summed E-state index contributed by atoms with van der Waals surface area (Å²) in [5.41, 5.74) is 6.12. The fourth-order valence-electron chi connectivity index (χ4n) is 2.81. The first-order chi connectivity index (χ1) is 10.6. The van der Waals surface area contributed by atoms with Crippen molar-refractivity contribution in [2.45, 2.75) is 39.5 Å². The maximum atomic E-state index is 12.2. The van der Waals surface area contributed by atoms with Crippen LogP contribution >= 0.6 is 12.4 Å². The number of esters is 1. The molecule has 1 aliphatic rings. The zero-order valence-electron chi connectivity index (χ0n) is 13.5. The van der Waals surface area contributed by atoms with E-state index in [4.69, 9.17) is 4.74 Å². The van der Waals surface area contributed by atoms with E-state index >= 15 is 0 Å². The summed E-state index contributed by atoms with van der Waals surface area (Å²) < 4.78 is 5.44. The number of halogens is 1. The minimum atomic E-state index is -0.252. The number of carbonyl (C=O) groups excluding carboxylic acids is 1. The molecular weight excluding hydrogens is 310 g/mol. The van der Waals surface area contributed by atoms with Crippen LogP contribution in [-0.2, 0) is 29.1 Å². The molecule has 0 amide bonds. The van der Waals surface area contributed by atoms with Crippen LogP contribution in [0, 0.1) is 13.8 Å². The van der Waals surface area contributed by atoms with Gasteiger partial charge in [-0.1, -0.05) is 42.5 Å². The summed E-state index contributed by atoms with van der Waals surface area (Å²) in [6.07, 6.45) is 0.698. The van der Waals surface area contributed by atoms with Crippen LogP contribution in [0.2, 0.25) is 0 Å². The highest BCUT2D eigenvalue weighted by molar-refractivity contribution is 5.85. The molecule has 23 heavy (non-hydrogen) atoms. The molecule has 122 valence electrons. The fraction of sp³-hybridized carbons (Fsp3) is 0.316. The van der Waals surface area contributed by atoms with Gasteiger partial charge in [-0.25, -0.2) is 0 Å². The SMILES string of the molecule is Cc1cc2c(cc1C)CC(C(=O)OCc1ccccc1)NC2.Cl. The van der Waals surface area contributed by atoms with E-state index in [2.05, 4.69) is 31.3 Å². The van der Waals surface area contributed by atoms with Crippen molar-refractivity contribution in [1.29, 1.82) is 0 Å². The number of fused-ring (bicyclic) bond motifs is 1. The molecular formula is C19H22ClNO2. The number of hydrogen-bond acceptors (Lipinski definition) is 3. The molecule has 1 atom stereocenters. The predicted octanol–water partition coefficient (Wildman–Crippen LogP) is 3.48. The lowest BCUT2D eigenvalue weighted by Gasteiger charge is -2.25. The van der Waals surface area contributed by atoms with Gasteiger partial charge in [0.05, 0.1) is 0 Å². The van der Waals surface area contributed by atoms with Gasteiger partial charge in [0.2, 0.25) is 0 Å². The minimum Gasteiger partial charge on any atom is -0.460 e. The fourth-order valence-corrected chi connectivity index (χ4v) is 2.81. The normalized spacial score (nSPS) is 16.2. The molecule has 1 unspecified atom stereocenters. The average Bonchev–Trinajstić information content (AvgIpc) is 2.54. The minimum absolute atomic E-state index is 0. The highest BCUT2D eigenvalue weighted by Gasteiger charge is 2.25. The van der Waals surface area contributed by atoms with Crippen molar-refractivity contribution in [3.8, 4) is 0 Å². The molecule has 4 heteroatoms. The van der Waals surface area contributed by atoms with Crippen LogP contribution in [0.3, 0.4) is 0 Å². The largest absolute Gasteiger partial charge is 0.460 e. The molecule has 0 aromatic heterocycles. The molecule has 0 bridgehead atoms. The lowest BCUT2D eigenvalue weighted by Crippen LogP contribution is -2.42. The van der Waals surface area contributed by atoms with Gasteiger partial charge in [0.1, 0.15) is 12.6 Å². The molecule has 1 heterocycles. The molecule has 2 aromatic rings. The van der Waals surface area contributed by atoms with Crippen molar-refractivity contribution in [2.75, 3.05) is 0 Å². The molecule has 3 rings (SSSR count). The number of carbonyl (C=O) groups is 1. The summed E-state index contributed by atoms with van der Waals surface area (Å²) in [5, 5.41) is 3.28. The zero-order chi connectivity index (χ0) is 15.5. The highest BCUT2D eigenvalue weighted by atomic mass is 35.5. The van der Waals surface area contributed by atoms with Crippen molar-refractivity contribution in [3.63, 3.8) is 0 Å². The average molecular weight is 332 g/mol. The number of benzene rings is 2. The summed E-state index contributed by atoms with van der Waals surface area (Å²) in [4.78, 5) is 12.2. The Hall–Kier alpha value is -1.84. The summed E-state index contributed by atoms with van der Waals surface area (Å²) >= 11 is 0. The number of hydrogen-bond donors (Lipinski definition) is 1. The predicted molar refractivity (Wildman–Crippen MR) is 93.7 cm³/mol. The van der Waals surface area contributed by atoms with E-state index in [0.29, 0.717) is 13.0 Å². The van der Waals surface area contributed by atoms with Crippen LogP contribution in [0.5, 0.6) is 0 Å². The van der Waals surface area contributed by atoms with E-state index in [1.165, 1.54) is 22.3 Å². The Morgan fingerprint density at radius 2 is 1.78 bits per heavy atom. The quantitative estimate of drug-likeness (QED) is 0.875. The maximum Gasteiger partial charge on any atom is 0.323 e. The highest BCUT2D eigenvalue weighted by Crippen LogP contribution is 2.21. The van der Waals surface area contributed by atoms with Gasteiger partial charge >= 0.3 is 5.97 Å². The first kappa shape index (κ1) is 17.5. The third kappa shape index (κ3) is 4.12. The topological polar surface area (TPSA) is 38.3 Å². The Kier molecular flexibility index (Phi) is 5.80. The van der Waals surface area contributed by atoms with Crippen molar-refractivity contribution < 1.29 is 9.53 Å². The molecule has 1 aliphatic heterocycles. The van der Waals surface area contributed by atoms with E-state index in [-0.39, 0.29) is 24.4 Å². The van der Waals surface area contributed by atoms with Crippen LogP contribution in [0.15, 0.2) is 42.5 Å². The van der Waals surface area contributed by atoms with Crippen LogP contribution in [0.4, 0.5) is 0 Å². The van der Waals surface area contributed by atoms with E-state index < -0.39 is 0 Å². The van der Waals surface area contributed by atoms with Crippen molar-refractivity contribution in [1.82, 2.24) is 5.32 Å². The lowest BCUT2D eigenvalue weighted by atomic mass is 9.92. The van der Waals surface area contributed by atoms with Crippen LogP contribution in [0.25, 0.3) is 0 Å². The number of nitrogens with one attached hydrogen (secondary N) is 1. The monoisotopic (exact) mass is 331 g/mol. The Balaban J connectivity index is 0.00000192. The van der Waals surface area contributed by atoms with Crippen molar-refractivity contribution >= 4 is 18.4 Å². The van der Waals surface area contributed by atoms with Crippen molar-refractivity contribution in [3.05, 3.63) is 70.3 Å². The van der Waals surface area contributed by atoms with E-state index in [9.17, 15) is 4.79 Å². The summed E-state index contributed by atoms with van der Waals surface area (Å²) in [7, 11) is 0. The van der Waals surface area contributed by atoms with Gasteiger partial charge in [-0.05, 0) is 48.1 Å². The molecule has 0 aliphatic carbocycles. The second-order valence-corrected chi connectivity index (χ2v) is 5.94. The maximum absolute atomic E-state index is 12.2. The first-order valence-electron chi connectivity index (χ1n) is 7.66. The molecule has 0 radical (unpaired) electrons. The lowest BCUT2D eigenvalue weighted by molar-refractivity contribution is -0.147. The summed E-state index contributed by atoms with van der Waals surface area (Å²) in [6.45, 7) is 5.29. The van der Waals surface area contributed by atoms with Gasteiger partial charge < -0.3 is 10.1 Å². The van der Waals surface area contributed by atoms with Crippen LogP contribution < -0.4 is 5.32 Å². The Morgan fingerprint density at radius 1 is 1.13 bits per heavy atom. The van der Waals surface area contributed by atoms with Gasteiger partial charge in [0.15, 0.2) is 0 Å². The van der Waals surface area contributed by atoms with Gasteiger partial charge in [0.25, 0.3) is 0 Å². The summed E-state index contributed by atoms with van der Waals surface area (Å²) in [5.74, 6) is -0.173. The molecule has 1 N–H and O–H groups in total. The third-order valence-electron chi connectivity index (χ3n) is 4.29. The Morgan fingerprint density at radius 3 is 2.48 bits per heavy atom. The van der Waals surface area contributed by atoms with Crippen LogP contribution in [-0.4, -0.2) is 12.0 Å². The smallest absolute Gasteiger partial charge is 0.323 e. The van der Waals surface area contributed by atoms with Gasteiger partial charge in [-0.3, -0.25) is 4.79 Å². The third-order valence-corrected chi connectivity index (χ3v) is 4.29. The van der Waals surface area contributed by atoms with Gasteiger partial charge in [0, 0.05) is 6.54 Å². The molecule has 0 fully saturated rings. The molecule has 2 aromatic carbocycles. The number of aryl methyl sites for hydroxylation is 2. The molecule has 3 nitrogen and oxygen atoms in total. The number of rotatable bonds is 3. The summed E-state index contributed by atoms with van der Waals surface area (Å²) in [6, 6.07) is 13.9. The Labute approximate surface area is 143 Å². The molecule has 0 saturated heterocycles. The Bertz CT molecular complexity index is 685. The second-order valence-electron chi connectivity index (χ2n) is 5.94. The first-order valence-corrected chi connectivity index (χ1v) is 7.66. The van der Waals surface area contributed by atoms with Crippen molar-refractivity contribution in [2.24, 2.45) is 0 Å². The van der Waals surface area contributed by atoms with Gasteiger partial charge in [-0.2, -0.15) is 0 Å². The van der Waals surface area contributed by atoms with E-state index in [1.54, 1.807) is 0 Å².